The Kier molecular flexibility index (Phi) is 5.33. The molecular formula is C16H22N2O3. The van der Waals surface area contributed by atoms with Crippen molar-refractivity contribution in [3.05, 3.63) is 29.8 Å². The number of aliphatic hydroxyl groups excluding tert-OH is 1. The number of carbonyl (C=O) groups excluding carboxylic acids is 2. The number of hydrogen-bond acceptors (Lipinski definition) is 3. The number of aliphatic hydroxyl groups is 1. The van der Waals surface area contributed by atoms with E-state index in [9.17, 15) is 9.59 Å². The van der Waals surface area contributed by atoms with Gasteiger partial charge < -0.3 is 15.3 Å². The predicted molar refractivity (Wildman–Crippen MR) is 81.1 cm³/mol. The van der Waals surface area contributed by atoms with E-state index >= 15 is 0 Å². The van der Waals surface area contributed by atoms with Gasteiger partial charge in [0.2, 0.25) is 5.91 Å². The molecule has 0 saturated heterocycles. The Morgan fingerprint density at radius 1 is 1.29 bits per heavy atom. The molecule has 21 heavy (non-hydrogen) atoms. The quantitative estimate of drug-likeness (QED) is 0.842. The zero-order chi connectivity index (χ0) is 15.2. The van der Waals surface area contributed by atoms with Crippen molar-refractivity contribution in [2.75, 3.05) is 18.5 Å². The molecule has 0 aromatic heterocycles. The van der Waals surface area contributed by atoms with Crippen LogP contribution >= 0.6 is 0 Å². The second kappa shape index (κ2) is 7.22. The van der Waals surface area contributed by atoms with E-state index in [1.54, 1.807) is 24.3 Å². The number of carbonyl (C=O) groups is 2. The van der Waals surface area contributed by atoms with Gasteiger partial charge in [0.25, 0.3) is 5.91 Å². The molecule has 1 aromatic carbocycles. The normalized spacial score (nSPS) is 14.4. The average molecular weight is 290 g/mol. The molecule has 2 rings (SSSR count). The van der Waals surface area contributed by atoms with Crippen LogP contribution in [0.3, 0.4) is 0 Å². The van der Waals surface area contributed by atoms with Crippen molar-refractivity contribution in [2.45, 2.75) is 38.6 Å². The van der Waals surface area contributed by atoms with Gasteiger partial charge >= 0.3 is 0 Å². The number of nitrogens with zero attached hydrogens (tertiary/aromatic N) is 1. The summed E-state index contributed by atoms with van der Waals surface area (Å²) in [5.41, 5.74) is 1.30. The summed E-state index contributed by atoms with van der Waals surface area (Å²) in [5, 5.41) is 11.7. The van der Waals surface area contributed by atoms with Gasteiger partial charge in [-0.1, -0.05) is 0 Å². The minimum Gasteiger partial charge on any atom is -0.396 e. The number of anilines is 1. The van der Waals surface area contributed by atoms with Gasteiger partial charge in [0.1, 0.15) is 0 Å². The van der Waals surface area contributed by atoms with E-state index in [2.05, 4.69) is 5.32 Å². The van der Waals surface area contributed by atoms with E-state index in [1.807, 2.05) is 4.90 Å². The lowest BCUT2D eigenvalue weighted by molar-refractivity contribution is -0.114. The molecule has 114 valence electrons. The molecule has 1 aliphatic rings. The third-order valence-corrected chi connectivity index (χ3v) is 3.79. The zero-order valence-electron chi connectivity index (χ0n) is 12.3. The van der Waals surface area contributed by atoms with Gasteiger partial charge in [-0.3, -0.25) is 9.59 Å². The number of hydrogen-bond donors (Lipinski definition) is 2. The second-order valence-corrected chi connectivity index (χ2v) is 5.42. The Bertz CT molecular complexity index is 495. The first-order valence-corrected chi connectivity index (χ1v) is 7.41. The Hall–Kier alpha value is -1.88. The fourth-order valence-electron chi connectivity index (χ4n) is 2.45. The van der Waals surface area contributed by atoms with Crippen LogP contribution in [0.1, 0.15) is 43.0 Å². The van der Waals surface area contributed by atoms with Crippen LogP contribution in [-0.4, -0.2) is 41.0 Å². The Balaban J connectivity index is 2.06. The molecule has 0 heterocycles. The summed E-state index contributed by atoms with van der Waals surface area (Å²) in [4.78, 5) is 25.4. The summed E-state index contributed by atoms with van der Waals surface area (Å²) in [5.74, 6) is -0.129. The van der Waals surface area contributed by atoms with Gasteiger partial charge in [-0.05, 0) is 49.9 Å². The summed E-state index contributed by atoms with van der Waals surface area (Å²) >= 11 is 0. The molecule has 1 fully saturated rings. The first kappa shape index (κ1) is 15.5. The lowest BCUT2D eigenvalue weighted by Gasteiger charge is -2.37. The molecule has 5 nitrogen and oxygen atoms in total. The highest BCUT2D eigenvalue weighted by Crippen LogP contribution is 2.26. The number of benzene rings is 1. The van der Waals surface area contributed by atoms with Crippen molar-refractivity contribution >= 4 is 17.5 Å². The van der Waals surface area contributed by atoms with Crippen LogP contribution in [0.2, 0.25) is 0 Å². The topological polar surface area (TPSA) is 69.6 Å². The van der Waals surface area contributed by atoms with Gasteiger partial charge in [0, 0.05) is 37.4 Å². The van der Waals surface area contributed by atoms with E-state index in [1.165, 1.54) is 6.92 Å². The molecule has 1 aliphatic carbocycles. The van der Waals surface area contributed by atoms with Crippen molar-refractivity contribution in [3.63, 3.8) is 0 Å². The summed E-state index contributed by atoms with van der Waals surface area (Å²) in [6.07, 6.45) is 3.85. The molecule has 2 N–H and O–H groups in total. The maximum Gasteiger partial charge on any atom is 0.254 e. The van der Waals surface area contributed by atoms with E-state index in [0.29, 0.717) is 30.3 Å². The standard InChI is InChI=1S/C16H22N2O3/c1-12(20)17-14-8-6-13(7-9-14)16(21)18(10-3-11-19)15-4-2-5-15/h6-9,15,19H,2-5,10-11H2,1H3,(H,17,20). The third kappa shape index (κ3) is 4.04. The SMILES string of the molecule is CC(=O)Nc1ccc(C(=O)N(CCCO)C2CCC2)cc1. The molecule has 0 aliphatic heterocycles. The van der Waals surface area contributed by atoms with E-state index < -0.39 is 0 Å². The summed E-state index contributed by atoms with van der Waals surface area (Å²) in [6, 6.07) is 7.24. The highest BCUT2D eigenvalue weighted by molar-refractivity contribution is 5.95. The maximum atomic E-state index is 12.6. The van der Waals surface area contributed by atoms with Gasteiger partial charge in [-0.15, -0.1) is 0 Å². The minimum absolute atomic E-state index is 0.00234. The number of rotatable bonds is 6. The van der Waals surface area contributed by atoms with E-state index in [-0.39, 0.29) is 18.4 Å². The van der Waals surface area contributed by atoms with Gasteiger partial charge in [0.15, 0.2) is 0 Å². The van der Waals surface area contributed by atoms with Crippen LogP contribution in [0.4, 0.5) is 5.69 Å². The Labute approximate surface area is 125 Å². The lowest BCUT2D eigenvalue weighted by atomic mass is 9.90. The Morgan fingerprint density at radius 3 is 2.43 bits per heavy atom. The van der Waals surface area contributed by atoms with E-state index in [0.717, 1.165) is 19.3 Å². The summed E-state index contributed by atoms with van der Waals surface area (Å²) in [6.45, 7) is 2.14. The van der Waals surface area contributed by atoms with Gasteiger partial charge in [-0.25, -0.2) is 0 Å². The van der Waals surface area contributed by atoms with Gasteiger partial charge in [0.05, 0.1) is 0 Å². The van der Waals surface area contributed by atoms with Crippen LogP contribution in [0.5, 0.6) is 0 Å². The second-order valence-electron chi connectivity index (χ2n) is 5.42. The lowest BCUT2D eigenvalue weighted by Crippen LogP contribution is -2.44. The minimum atomic E-state index is -0.131. The molecule has 0 atom stereocenters. The van der Waals surface area contributed by atoms with Crippen molar-refractivity contribution in [2.24, 2.45) is 0 Å². The van der Waals surface area contributed by atoms with Crippen LogP contribution in [-0.2, 0) is 4.79 Å². The van der Waals surface area contributed by atoms with E-state index in [4.69, 9.17) is 5.11 Å². The first-order valence-electron chi connectivity index (χ1n) is 7.41. The molecular weight excluding hydrogens is 268 g/mol. The Morgan fingerprint density at radius 2 is 1.95 bits per heavy atom. The molecule has 1 aromatic rings. The highest BCUT2D eigenvalue weighted by atomic mass is 16.3. The molecule has 5 heteroatoms. The van der Waals surface area contributed by atoms with Crippen LogP contribution in [0.15, 0.2) is 24.3 Å². The molecule has 0 unspecified atom stereocenters. The first-order chi connectivity index (χ1) is 10.1. The predicted octanol–water partition coefficient (Wildman–Crippen LogP) is 2.02. The molecule has 0 spiro atoms. The molecule has 2 amide bonds. The largest absolute Gasteiger partial charge is 0.396 e. The monoisotopic (exact) mass is 290 g/mol. The maximum absolute atomic E-state index is 12.6. The highest BCUT2D eigenvalue weighted by Gasteiger charge is 2.28. The fraction of sp³-hybridized carbons (Fsp3) is 0.500. The van der Waals surface area contributed by atoms with Crippen molar-refractivity contribution in [3.8, 4) is 0 Å². The summed E-state index contributed by atoms with van der Waals surface area (Å²) in [7, 11) is 0. The van der Waals surface area contributed by atoms with Gasteiger partial charge in [-0.2, -0.15) is 0 Å². The zero-order valence-corrected chi connectivity index (χ0v) is 12.3. The summed E-state index contributed by atoms with van der Waals surface area (Å²) < 4.78 is 0. The number of nitrogens with one attached hydrogen (secondary N) is 1. The van der Waals surface area contributed by atoms with Crippen molar-refractivity contribution < 1.29 is 14.7 Å². The number of amides is 2. The van der Waals surface area contributed by atoms with Crippen molar-refractivity contribution in [1.82, 2.24) is 4.90 Å². The van der Waals surface area contributed by atoms with Crippen molar-refractivity contribution in [1.29, 1.82) is 0 Å². The molecule has 0 bridgehead atoms. The smallest absolute Gasteiger partial charge is 0.254 e. The average Bonchev–Trinajstić information content (AvgIpc) is 2.40. The third-order valence-electron chi connectivity index (χ3n) is 3.79. The molecule has 0 radical (unpaired) electrons. The van der Waals surface area contributed by atoms with Crippen LogP contribution < -0.4 is 5.32 Å². The van der Waals surface area contributed by atoms with Crippen LogP contribution in [0, 0.1) is 0 Å². The fourth-order valence-corrected chi connectivity index (χ4v) is 2.45. The molecule has 1 saturated carbocycles. The van der Waals surface area contributed by atoms with Crippen LogP contribution in [0.25, 0.3) is 0 Å².